The van der Waals surface area contributed by atoms with Gasteiger partial charge in [-0.3, -0.25) is 10.1 Å². The number of aromatic nitrogens is 1. The summed E-state index contributed by atoms with van der Waals surface area (Å²) in [5, 5.41) is 10.8. The summed E-state index contributed by atoms with van der Waals surface area (Å²) in [6, 6.07) is 6.95. The summed E-state index contributed by atoms with van der Waals surface area (Å²) in [7, 11) is 1.20. The number of nitrogens with zero attached hydrogens (tertiary/aromatic N) is 2. The Bertz CT molecular complexity index is 687. The van der Waals surface area contributed by atoms with Crippen molar-refractivity contribution in [3.05, 3.63) is 52.1 Å². The molecule has 2 aromatic rings. The highest BCUT2D eigenvalue weighted by Crippen LogP contribution is 2.33. The smallest absolute Gasteiger partial charge is 0.416 e. The summed E-state index contributed by atoms with van der Waals surface area (Å²) in [6.07, 6.45) is -4.47. The lowest BCUT2D eigenvalue weighted by Crippen LogP contribution is -2.04. The first-order chi connectivity index (χ1) is 9.82. The molecule has 21 heavy (non-hydrogen) atoms. The lowest BCUT2D eigenvalue weighted by molar-refractivity contribution is -0.386. The van der Waals surface area contributed by atoms with Crippen LogP contribution in [0.1, 0.15) is 5.56 Å². The third kappa shape index (κ3) is 3.10. The number of pyridine rings is 1. The number of ether oxygens (including phenoxy) is 1. The highest BCUT2D eigenvalue weighted by Gasteiger charge is 2.30. The molecule has 0 radical (unpaired) electrons. The van der Waals surface area contributed by atoms with Crippen LogP contribution in [0, 0.1) is 10.1 Å². The number of benzene rings is 1. The van der Waals surface area contributed by atoms with Gasteiger partial charge in [0, 0.05) is 11.6 Å². The summed E-state index contributed by atoms with van der Waals surface area (Å²) < 4.78 is 42.8. The van der Waals surface area contributed by atoms with E-state index in [4.69, 9.17) is 4.74 Å². The molecule has 0 bridgehead atoms. The van der Waals surface area contributed by atoms with Crippen LogP contribution in [0.15, 0.2) is 36.4 Å². The van der Waals surface area contributed by atoms with Crippen LogP contribution in [0.25, 0.3) is 11.3 Å². The fourth-order valence-electron chi connectivity index (χ4n) is 1.74. The first-order valence-corrected chi connectivity index (χ1v) is 5.70. The first kappa shape index (κ1) is 14.8. The molecule has 0 saturated carbocycles. The van der Waals surface area contributed by atoms with Gasteiger partial charge in [0.1, 0.15) is 0 Å². The van der Waals surface area contributed by atoms with Crippen LogP contribution in [-0.2, 0) is 6.18 Å². The third-order valence-corrected chi connectivity index (χ3v) is 2.72. The molecule has 0 amide bonds. The number of hydrogen-bond donors (Lipinski definition) is 0. The third-order valence-electron chi connectivity index (χ3n) is 2.72. The number of halogens is 3. The Morgan fingerprint density at radius 1 is 1.24 bits per heavy atom. The molecule has 0 spiro atoms. The fraction of sp³-hybridized carbons (Fsp3) is 0.154. The van der Waals surface area contributed by atoms with Gasteiger partial charge in [-0.1, -0.05) is 12.1 Å². The van der Waals surface area contributed by atoms with Gasteiger partial charge in [0.25, 0.3) is 5.88 Å². The summed E-state index contributed by atoms with van der Waals surface area (Å²) in [6.45, 7) is 0. The second-order valence-corrected chi connectivity index (χ2v) is 4.06. The predicted octanol–water partition coefficient (Wildman–Crippen LogP) is 3.68. The van der Waals surface area contributed by atoms with Gasteiger partial charge in [-0.25, -0.2) is 4.98 Å². The minimum absolute atomic E-state index is 0.156. The van der Waals surface area contributed by atoms with Crippen molar-refractivity contribution in [2.75, 3.05) is 7.11 Å². The Morgan fingerprint density at radius 2 is 1.95 bits per heavy atom. The van der Waals surface area contributed by atoms with Crippen LogP contribution in [-0.4, -0.2) is 17.0 Å². The molecular weight excluding hydrogens is 289 g/mol. The number of hydrogen-bond acceptors (Lipinski definition) is 4. The average molecular weight is 298 g/mol. The first-order valence-electron chi connectivity index (χ1n) is 5.70. The Balaban J connectivity index is 2.50. The molecule has 0 N–H and O–H groups in total. The summed E-state index contributed by atoms with van der Waals surface area (Å²) in [5.41, 5.74) is -0.825. The molecule has 0 atom stereocenters. The molecule has 1 heterocycles. The van der Waals surface area contributed by atoms with Crippen molar-refractivity contribution in [2.24, 2.45) is 0 Å². The zero-order chi connectivity index (χ0) is 15.6. The molecule has 0 unspecified atom stereocenters. The van der Waals surface area contributed by atoms with Crippen molar-refractivity contribution in [3.8, 4) is 17.1 Å². The molecule has 0 saturated heterocycles. The van der Waals surface area contributed by atoms with Crippen molar-refractivity contribution >= 4 is 5.69 Å². The van der Waals surface area contributed by atoms with Gasteiger partial charge in [0.2, 0.25) is 0 Å². The highest BCUT2D eigenvalue weighted by molar-refractivity contribution is 5.63. The number of alkyl halides is 3. The van der Waals surface area contributed by atoms with Crippen LogP contribution in [0.4, 0.5) is 18.9 Å². The largest absolute Gasteiger partial charge is 0.476 e. The van der Waals surface area contributed by atoms with Gasteiger partial charge in [-0.05, 0) is 18.2 Å². The van der Waals surface area contributed by atoms with Gasteiger partial charge < -0.3 is 4.74 Å². The van der Waals surface area contributed by atoms with E-state index in [1.54, 1.807) is 0 Å². The van der Waals surface area contributed by atoms with Gasteiger partial charge >= 0.3 is 11.9 Å². The predicted molar refractivity (Wildman–Crippen MR) is 67.9 cm³/mol. The molecule has 8 heteroatoms. The van der Waals surface area contributed by atoms with Crippen molar-refractivity contribution < 1.29 is 22.8 Å². The maximum Gasteiger partial charge on any atom is 0.416 e. The number of nitro groups is 1. The Hall–Kier alpha value is -2.64. The second-order valence-electron chi connectivity index (χ2n) is 4.06. The van der Waals surface area contributed by atoms with Crippen molar-refractivity contribution in [3.63, 3.8) is 0 Å². The Morgan fingerprint density at radius 3 is 2.52 bits per heavy atom. The van der Waals surface area contributed by atoms with E-state index in [9.17, 15) is 23.3 Å². The fourth-order valence-corrected chi connectivity index (χ4v) is 1.74. The minimum Gasteiger partial charge on any atom is -0.476 e. The van der Waals surface area contributed by atoms with E-state index in [-0.39, 0.29) is 22.8 Å². The molecule has 1 aromatic carbocycles. The van der Waals surface area contributed by atoms with Crippen molar-refractivity contribution in [1.29, 1.82) is 0 Å². The molecule has 5 nitrogen and oxygen atoms in total. The Labute approximate surface area is 117 Å². The van der Waals surface area contributed by atoms with E-state index < -0.39 is 16.7 Å². The van der Waals surface area contributed by atoms with E-state index in [2.05, 4.69) is 4.98 Å². The second kappa shape index (κ2) is 5.39. The zero-order valence-electron chi connectivity index (χ0n) is 10.7. The monoisotopic (exact) mass is 298 g/mol. The molecule has 0 aliphatic carbocycles. The maximum atomic E-state index is 12.7. The van der Waals surface area contributed by atoms with Crippen LogP contribution in [0.3, 0.4) is 0 Å². The van der Waals surface area contributed by atoms with E-state index >= 15 is 0 Å². The summed E-state index contributed by atoms with van der Waals surface area (Å²) in [4.78, 5) is 13.9. The van der Waals surface area contributed by atoms with Crippen LogP contribution >= 0.6 is 0 Å². The molecule has 0 aliphatic heterocycles. The molecule has 110 valence electrons. The standard InChI is InChI=1S/C13H9F3N2O3/c1-21-12-11(18(19)20)6-5-10(17-12)8-3-2-4-9(7-8)13(14,15)16/h2-7H,1H3. The van der Waals surface area contributed by atoms with Gasteiger partial charge in [0.15, 0.2) is 0 Å². The number of methoxy groups -OCH3 is 1. The van der Waals surface area contributed by atoms with Crippen molar-refractivity contribution in [1.82, 2.24) is 4.98 Å². The molecular formula is C13H9F3N2O3. The van der Waals surface area contributed by atoms with Crippen LogP contribution in [0.5, 0.6) is 5.88 Å². The Kier molecular flexibility index (Phi) is 3.79. The number of rotatable bonds is 3. The van der Waals surface area contributed by atoms with Gasteiger partial charge in [-0.15, -0.1) is 0 Å². The highest BCUT2D eigenvalue weighted by atomic mass is 19.4. The molecule has 2 rings (SSSR count). The van der Waals surface area contributed by atoms with Gasteiger partial charge in [-0.2, -0.15) is 13.2 Å². The van der Waals surface area contributed by atoms with Gasteiger partial charge in [0.05, 0.1) is 23.3 Å². The zero-order valence-corrected chi connectivity index (χ0v) is 10.7. The van der Waals surface area contributed by atoms with E-state index in [1.165, 1.54) is 25.3 Å². The molecule has 1 aromatic heterocycles. The lowest BCUT2D eigenvalue weighted by Gasteiger charge is -2.09. The molecule has 0 aliphatic rings. The quantitative estimate of drug-likeness (QED) is 0.640. The normalized spacial score (nSPS) is 11.2. The lowest BCUT2D eigenvalue weighted by atomic mass is 10.1. The summed E-state index contributed by atoms with van der Waals surface area (Å²) in [5.74, 6) is -0.255. The van der Waals surface area contributed by atoms with E-state index in [0.29, 0.717) is 0 Å². The SMILES string of the molecule is COc1nc(-c2cccc(C(F)(F)F)c2)ccc1[N+](=O)[O-]. The summed E-state index contributed by atoms with van der Waals surface area (Å²) >= 11 is 0. The van der Waals surface area contributed by atoms with Crippen molar-refractivity contribution in [2.45, 2.75) is 6.18 Å². The van der Waals surface area contributed by atoms with Crippen LogP contribution < -0.4 is 4.74 Å². The maximum absolute atomic E-state index is 12.7. The minimum atomic E-state index is -4.47. The topological polar surface area (TPSA) is 65.3 Å². The average Bonchev–Trinajstić information content (AvgIpc) is 2.45. The van der Waals surface area contributed by atoms with E-state index in [1.807, 2.05) is 0 Å². The van der Waals surface area contributed by atoms with E-state index in [0.717, 1.165) is 18.2 Å². The molecule has 0 fully saturated rings. The van der Waals surface area contributed by atoms with Crippen LogP contribution in [0.2, 0.25) is 0 Å².